The number of pyridine rings is 1. The predicted octanol–water partition coefficient (Wildman–Crippen LogP) is 2.93. The number of nitrogens with zero attached hydrogens (tertiary/aromatic N) is 1. The van der Waals surface area contributed by atoms with E-state index in [-0.39, 0.29) is 5.56 Å². The van der Waals surface area contributed by atoms with Crippen LogP contribution in [0.15, 0.2) is 17.1 Å². The van der Waals surface area contributed by atoms with Crippen molar-refractivity contribution in [3.63, 3.8) is 0 Å². The smallest absolute Gasteiger partial charge is 0.258 e. The molecule has 0 aliphatic heterocycles. The minimum Gasteiger partial charge on any atom is -0.280 e. The van der Waals surface area contributed by atoms with Crippen LogP contribution in [0.4, 0.5) is 0 Å². The first kappa shape index (κ1) is 14.4. The standard InChI is InChI=1S/C18H21NO/c1-7-9-15-13(5)17-16(10-8-2)11(3)12(4)18(20)19(17)14(15)6/h2,7,9H2,1,3-6H3. The van der Waals surface area contributed by atoms with Gasteiger partial charge in [-0.25, -0.2) is 0 Å². The Labute approximate surface area is 119 Å². The van der Waals surface area contributed by atoms with Gasteiger partial charge in [0, 0.05) is 11.3 Å². The van der Waals surface area contributed by atoms with E-state index in [0.717, 1.165) is 40.4 Å². The zero-order chi connectivity index (χ0) is 15.0. The molecule has 104 valence electrons. The second-order valence-electron chi connectivity index (χ2n) is 5.35. The van der Waals surface area contributed by atoms with Crippen LogP contribution in [0.25, 0.3) is 11.2 Å². The van der Waals surface area contributed by atoms with Gasteiger partial charge in [-0.1, -0.05) is 24.8 Å². The van der Waals surface area contributed by atoms with Crippen LogP contribution in [-0.2, 0) is 6.42 Å². The Morgan fingerprint density at radius 1 is 1.10 bits per heavy atom. The summed E-state index contributed by atoms with van der Waals surface area (Å²) in [6.07, 6.45) is 2.06. The van der Waals surface area contributed by atoms with E-state index >= 15 is 0 Å². The average Bonchev–Trinajstić information content (AvgIpc) is 2.66. The van der Waals surface area contributed by atoms with E-state index < -0.39 is 0 Å². The van der Waals surface area contributed by atoms with Crippen molar-refractivity contribution in [2.24, 2.45) is 0 Å². The summed E-state index contributed by atoms with van der Waals surface area (Å²) in [5.74, 6) is 0. The molecular weight excluding hydrogens is 246 g/mol. The average molecular weight is 267 g/mol. The number of aryl methyl sites for hydroxylation is 2. The normalized spacial score (nSPS) is 10.7. The first-order valence-electron chi connectivity index (χ1n) is 7.04. The quantitative estimate of drug-likeness (QED) is 0.767. The van der Waals surface area contributed by atoms with Crippen LogP contribution < -0.4 is 10.8 Å². The van der Waals surface area contributed by atoms with Crippen molar-refractivity contribution in [1.82, 2.24) is 4.40 Å². The lowest BCUT2D eigenvalue weighted by Crippen LogP contribution is -2.25. The predicted molar refractivity (Wildman–Crippen MR) is 84.4 cm³/mol. The molecular formula is C18H21NO. The van der Waals surface area contributed by atoms with Gasteiger partial charge in [0.25, 0.3) is 5.56 Å². The lowest BCUT2D eigenvalue weighted by Gasteiger charge is -2.04. The molecule has 0 fully saturated rings. The van der Waals surface area contributed by atoms with Crippen molar-refractivity contribution in [2.75, 3.05) is 0 Å². The number of hydrogen-bond acceptors (Lipinski definition) is 1. The van der Waals surface area contributed by atoms with Crippen LogP contribution in [0, 0.1) is 27.7 Å². The summed E-state index contributed by atoms with van der Waals surface area (Å²) in [6.45, 7) is 13.8. The van der Waals surface area contributed by atoms with Gasteiger partial charge in [-0.05, 0) is 57.4 Å². The highest BCUT2D eigenvalue weighted by Crippen LogP contribution is 2.21. The Morgan fingerprint density at radius 2 is 1.75 bits per heavy atom. The third-order valence-electron chi connectivity index (χ3n) is 4.22. The van der Waals surface area contributed by atoms with E-state index in [4.69, 9.17) is 0 Å². The fraction of sp³-hybridized carbons (Fsp3) is 0.389. The molecule has 2 aromatic heterocycles. The van der Waals surface area contributed by atoms with Crippen LogP contribution in [0.2, 0.25) is 0 Å². The van der Waals surface area contributed by atoms with Gasteiger partial charge in [0.2, 0.25) is 0 Å². The Balaban J connectivity index is 3.25. The van der Waals surface area contributed by atoms with Gasteiger partial charge >= 0.3 is 0 Å². The maximum atomic E-state index is 12.6. The van der Waals surface area contributed by atoms with Crippen LogP contribution in [0.1, 0.15) is 41.3 Å². The fourth-order valence-corrected chi connectivity index (χ4v) is 2.99. The molecule has 0 spiro atoms. The molecule has 2 rings (SSSR count). The first-order chi connectivity index (χ1) is 9.45. The Hall–Kier alpha value is -2.01. The van der Waals surface area contributed by atoms with Crippen molar-refractivity contribution in [2.45, 2.75) is 47.5 Å². The van der Waals surface area contributed by atoms with Crippen LogP contribution in [-0.4, -0.2) is 4.40 Å². The molecule has 0 amide bonds. The van der Waals surface area contributed by atoms with Crippen LogP contribution >= 0.6 is 0 Å². The Bertz CT molecular complexity index is 858. The zero-order valence-corrected chi connectivity index (χ0v) is 13.0. The van der Waals surface area contributed by atoms with Crippen LogP contribution in [0.3, 0.4) is 0 Å². The van der Waals surface area contributed by atoms with E-state index in [2.05, 4.69) is 31.9 Å². The third-order valence-corrected chi connectivity index (χ3v) is 4.22. The van der Waals surface area contributed by atoms with Crippen molar-refractivity contribution in [1.29, 1.82) is 0 Å². The van der Waals surface area contributed by atoms with Gasteiger partial charge in [-0.15, -0.1) is 0 Å². The van der Waals surface area contributed by atoms with Gasteiger partial charge in [-0.3, -0.25) is 9.20 Å². The lowest BCUT2D eigenvalue weighted by atomic mass is 10.0. The fourth-order valence-electron chi connectivity index (χ4n) is 2.99. The van der Waals surface area contributed by atoms with Crippen molar-refractivity contribution < 1.29 is 0 Å². The second-order valence-corrected chi connectivity index (χ2v) is 5.35. The second kappa shape index (κ2) is 5.17. The lowest BCUT2D eigenvalue weighted by molar-refractivity contribution is 0.894. The molecule has 2 aromatic rings. The zero-order valence-electron chi connectivity index (χ0n) is 13.0. The highest BCUT2D eigenvalue weighted by Gasteiger charge is 2.17. The summed E-state index contributed by atoms with van der Waals surface area (Å²) < 4.78 is 1.84. The number of fused-ring (bicyclic) bond motifs is 1. The topological polar surface area (TPSA) is 21.5 Å². The van der Waals surface area contributed by atoms with E-state index in [1.54, 1.807) is 0 Å². The molecule has 0 radical (unpaired) electrons. The maximum absolute atomic E-state index is 12.6. The van der Waals surface area contributed by atoms with Gasteiger partial charge in [0.05, 0.1) is 10.7 Å². The van der Waals surface area contributed by atoms with Crippen molar-refractivity contribution >= 4 is 11.2 Å². The summed E-state index contributed by atoms with van der Waals surface area (Å²) in [7, 11) is 0. The number of hydrogen-bond donors (Lipinski definition) is 0. The highest BCUT2D eigenvalue weighted by atomic mass is 16.1. The summed E-state index contributed by atoms with van der Waals surface area (Å²) in [5, 5.41) is 0.944. The Kier molecular flexibility index (Phi) is 3.72. The summed E-state index contributed by atoms with van der Waals surface area (Å²) >= 11 is 0. The van der Waals surface area contributed by atoms with E-state index in [1.165, 1.54) is 11.1 Å². The van der Waals surface area contributed by atoms with Gasteiger partial charge in [0.1, 0.15) is 0 Å². The highest BCUT2D eigenvalue weighted by molar-refractivity contribution is 5.65. The van der Waals surface area contributed by atoms with Gasteiger partial charge in [0.15, 0.2) is 0 Å². The first-order valence-corrected chi connectivity index (χ1v) is 7.04. The van der Waals surface area contributed by atoms with Gasteiger partial charge < -0.3 is 0 Å². The molecule has 20 heavy (non-hydrogen) atoms. The van der Waals surface area contributed by atoms with Gasteiger partial charge in [-0.2, -0.15) is 0 Å². The molecule has 0 N–H and O–H groups in total. The largest absolute Gasteiger partial charge is 0.280 e. The Morgan fingerprint density at radius 3 is 2.30 bits per heavy atom. The van der Waals surface area contributed by atoms with Crippen molar-refractivity contribution in [3.8, 4) is 0 Å². The molecule has 0 saturated carbocycles. The summed E-state index contributed by atoms with van der Waals surface area (Å²) in [6, 6.07) is 0. The van der Waals surface area contributed by atoms with E-state index in [1.807, 2.05) is 25.2 Å². The monoisotopic (exact) mass is 267 g/mol. The number of rotatable bonds is 2. The maximum Gasteiger partial charge on any atom is 0.258 e. The molecule has 0 atom stereocenters. The molecule has 0 aliphatic rings. The molecule has 0 saturated heterocycles. The molecule has 0 aliphatic carbocycles. The summed E-state index contributed by atoms with van der Waals surface area (Å²) in [4.78, 5) is 12.6. The molecule has 2 heteroatoms. The van der Waals surface area contributed by atoms with Crippen LogP contribution in [0.5, 0.6) is 0 Å². The summed E-state index contributed by atoms with van der Waals surface area (Å²) in [5.41, 5.74) is 12.1. The van der Waals surface area contributed by atoms with E-state index in [9.17, 15) is 4.79 Å². The molecule has 0 aromatic carbocycles. The molecule has 2 nitrogen and oxygen atoms in total. The molecule has 0 bridgehead atoms. The third kappa shape index (κ3) is 1.86. The number of aromatic nitrogens is 1. The molecule has 2 heterocycles. The minimum absolute atomic E-state index is 0.0788. The van der Waals surface area contributed by atoms with Crippen molar-refractivity contribution in [3.05, 3.63) is 55.8 Å². The minimum atomic E-state index is 0.0788. The van der Waals surface area contributed by atoms with E-state index in [0.29, 0.717) is 0 Å². The molecule has 0 unspecified atom stereocenters. The SMILES string of the molecule is C=C=C=c1c(C)c(C)c(=O)n2c(C)c(CCC)c(C)c12.